The van der Waals surface area contributed by atoms with Gasteiger partial charge in [0.15, 0.2) is 5.65 Å². The van der Waals surface area contributed by atoms with Crippen molar-refractivity contribution in [3.05, 3.63) is 23.0 Å². The van der Waals surface area contributed by atoms with Crippen LogP contribution in [0.25, 0.3) is 11.2 Å². The molecule has 3 rings (SSSR count). The molecule has 2 amide bonds. The van der Waals surface area contributed by atoms with Crippen molar-refractivity contribution in [3.63, 3.8) is 0 Å². The van der Waals surface area contributed by atoms with Gasteiger partial charge in [-0.1, -0.05) is 0 Å². The Bertz CT molecular complexity index is 749. The van der Waals surface area contributed by atoms with Gasteiger partial charge in [0.2, 0.25) is 0 Å². The lowest BCUT2D eigenvalue weighted by Crippen LogP contribution is -2.47. The second-order valence-corrected chi connectivity index (χ2v) is 5.52. The van der Waals surface area contributed by atoms with Gasteiger partial charge in [0, 0.05) is 26.7 Å². The van der Waals surface area contributed by atoms with E-state index in [9.17, 15) is 9.59 Å². The first-order chi connectivity index (χ1) is 10.6. The molecule has 3 heterocycles. The number of hydrogen-bond acceptors (Lipinski definition) is 4. The molecule has 1 aliphatic heterocycles. The first-order valence-electron chi connectivity index (χ1n) is 7.53. The van der Waals surface area contributed by atoms with Crippen molar-refractivity contribution in [1.29, 1.82) is 0 Å². The average molecular weight is 304 g/mol. The number of urea groups is 1. The minimum absolute atomic E-state index is 0.0533. The summed E-state index contributed by atoms with van der Waals surface area (Å²) in [4.78, 5) is 34.6. The molecule has 0 radical (unpaired) electrons. The Labute approximate surface area is 127 Å². The van der Waals surface area contributed by atoms with Gasteiger partial charge in [0.25, 0.3) is 0 Å². The van der Waals surface area contributed by atoms with E-state index in [1.54, 1.807) is 27.3 Å². The van der Waals surface area contributed by atoms with Crippen LogP contribution in [-0.2, 0) is 7.05 Å². The maximum absolute atomic E-state index is 12.5. The minimum Gasteiger partial charge on any atom is -0.338 e. The number of piperidine rings is 1. The third-order valence-corrected chi connectivity index (χ3v) is 4.13. The summed E-state index contributed by atoms with van der Waals surface area (Å²) in [6.45, 7) is 3.73. The summed E-state index contributed by atoms with van der Waals surface area (Å²) in [6.07, 6.45) is 4.82. The number of carbonyl (C=O) groups is 1. The number of nitrogens with one attached hydrogen (secondary N) is 1. The van der Waals surface area contributed by atoms with Crippen molar-refractivity contribution in [1.82, 2.24) is 29.3 Å². The Morgan fingerprint density at radius 3 is 3.09 bits per heavy atom. The fourth-order valence-corrected chi connectivity index (χ4v) is 3.04. The van der Waals surface area contributed by atoms with E-state index in [4.69, 9.17) is 0 Å². The molecule has 0 saturated carbocycles. The number of nitrogens with zero attached hydrogens (tertiary/aromatic N) is 5. The highest BCUT2D eigenvalue weighted by Crippen LogP contribution is 2.23. The molecule has 1 saturated heterocycles. The third kappa shape index (κ3) is 2.34. The Balaban J connectivity index is 1.96. The molecule has 0 unspecified atom stereocenters. The van der Waals surface area contributed by atoms with Gasteiger partial charge < -0.3 is 10.2 Å². The lowest BCUT2D eigenvalue weighted by molar-refractivity contribution is 0.167. The van der Waals surface area contributed by atoms with E-state index >= 15 is 0 Å². The van der Waals surface area contributed by atoms with Crippen molar-refractivity contribution in [2.75, 3.05) is 19.6 Å². The monoisotopic (exact) mass is 304 g/mol. The average Bonchev–Trinajstić information content (AvgIpc) is 2.80. The number of carbonyl (C=O) groups excluding carboxylic acids is 1. The SMILES string of the molecule is CCNC(=O)N1CCC[C@@H](n2c(=O)n(C)c3cncnc32)C1. The van der Waals surface area contributed by atoms with Crippen molar-refractivity contribution >= 4 is 17.2 Å². The topological polar surface area (TPSA) is 85.0 Å². The van der Waals surface area contributed by atoms with Gasteiger partial charge in [-0.3, -0.25) is 9.13 Å². The molecular weight excluding hydrogens is 284 g/mol. The smallest absolute Gasteiger partial charge is 0.330 e. The number of imidazole rings is 1. The molecule has 1 fully saturated rings. The summed E-state index contributed by atoms with van der Waals surface area (Å²) in [6, 6.07) is -0.127. The fraction of sp³-hybridized carbons (Fsp3) is 0.571. The van der Waals surface area contributed by atoms with Crippen LogP contribution in [0.15, 0.2) is 17.3 Å². The molecule has 8 heteroatoms. The lowest BCUT2D eigenvalue weighted by Gasteiger charge is -2.33. The summed E-state index contributed by atoms with van der Waals surface area (Å²) in [5, 5.41) is 2.81. The molecule has 1 atom stereocenters. The quantitative estimate of drug-likeness (QED) is 0.875. The number of likely N-dealkylation sites (tertiary alicyclic amines) is 1. The second kappa shape index (κ2) is 5.78. The molecule has 0 aliphatic carbocycles. The summed E-state index contributed by atoms with van der Waals surface area (Å²) in [7, 11) is 1.72. The van der Waals surface area contributed by atoms with Crippen LogP contribution in [0.3, 0.4) is 0 Å². The van der Waals surface area contributed by atoms with E-state index in [0.717, 1.165) is 19.4 Å². The Morgan fingerprint density at radius 1 is 1.50 bits per heavy atom. The molecule has 8 nitrogen and oxygen atoms in total. The predicted octanol–water partition coefficient (Wildman–Crippen LogP) is 0.496. The number of hydrogen-bond donors (Lipinski definition) is 1. The van der Waals surface area contributed by atoms with Crippen LogP contribution in [0.2, 0.25) is 0 Å². The van der Waals surface area contributed by atoms with Crippen LogP contribution in [-0.4, -0.2) is 49.7 Å². The van der Waals surface area contributed by atoms with Crippen molar-refractivity contribution in [3.8, 4) is 0 Å². The summed E-state index contributed by atoms with van der Waals surface area (Å²) in [5.74, 6) is 0. The first kappa shape index (κ1) is 14.6. The molecule has 2 aromatic heterocycles. The molecule has 1 N–H and O–H groups in total. The van der Waals surface area contributed by atoms with Crippen LogP contribution in [0.5, 0.6) is 0 Å². The van der Waals surface area contributed by atoms with Crippen LogP contribution >= 0.6 is 0 Å². The highest BCUT2D eigenvalue weighted by Gasteiger charge is 2.28. The molecule has 0 aromatic carbocycles. The maximum atomic E-state index is 12.5. The third-order valence-electron chi connectivity index (χ3n) is 4.13. The van der Waals surface area contributed by atoms with E-state index in [-0.39, 0.29) is 17.8 Å². The van der Waals surface area contributed by atoms with Gasteiger partial charge in [0.1, 0.15) is 11.8 Å². The zero-order valence-electron chi connectivity index (χ0n) is 12.8. The van der Waals surface area contributed by atoms with Gasteiger partial charge in [-0.05, 0) is 19.8 Å². The van der Waals surface area contributed by atoms with E-state index in [1.165, 1.54) is 6.33 Å². The van der Waals surface area contributed by atoms with Crippen LogP contribution in [0.1, 0.15) is 25.8 Å². The van der Waals surface area contributed by atoms with Crippen molar-refractivity contribution in [2.45, 2.75) is 25.8 Å². The zero-order chi connectivity index (χ0) is 15.7. The first-order valence-corrected chi connectivity index (χ1v) is 7.53. The highest BCUT2D eigenvalue weighted by molar-refractivity contribution is 5.74. The molecular formula is C14H20N6O2. The maximum Gasteiger partial charge on any atom is 0.330 e. The number of aryl methyl sites for hydroxylation is 1. The zero-order valence-corrected chi connectivity index (χ0v) is 12.8. The number of aromatic nitrogens is 4. The molecule has 2 aromatic rings. The summed E-state index contributed by atoms with van der Waals surface area (Å²) in [5.41, 5.74) is 1.23. The largest absolute Gasteiger partial charge is 0.338 e. The van der Waals surface area contributed by atoms with Gasteiger partial charge in [0.05, 0.1) is 12.2 Å². The molecule has 1 aliphatic rings. The number of amides is 2. The Hall–Kier alpha value is -2.38. The van der Waals surface area contributed by atoms with E-state index < -0.39 is 0 Å². The predicted molar refractivity (Wildman–Crippen MR) is 81.7 cm³/mol. The minimum atomic E-state index is -0.113. The van der Waals surface area contributed by atoms with E-state index in [1.807, 2.05) is 6.92 Å². The Kier molecular flexibility index (Phi) is 3.82. The summed E-state index contributed by atoms with van der Waals surface area (Å²) < 4.78 is 3.25. The fourth-order valence-electron chi connectivity index (χ4n) is 3.04. The molecule has 0 bridgehead atoms. The van der Waals surface area contributed by atoms with Gasteiger partial charge >= 0.3 is 11.7 Å². The van der Waals surface area contributed by atoms with Crippen molar-refractivity contribution < 1.29 is 4.79 Å². The Morgan fingerprint density at radius 2 is 2.32 bits per heavy atom. The normalized spacial score (nSPS) is 18.6. The molecule has 118 valence electrons. The standard InChI is InChI=1S/C14H20N6O2/c1-3-16-13(21)19-6-4-5-10(8-19)20-12-11(7-15-9-17-12)18(2)14(20)22/h7,9-10H,3-6,8H2,1-2H3,(H,16,21)/t10-/m1/s1. The highest BCUT2D eigenvalue weighted by atomic mass is 16.2. The summed E-state index contributed by atoms with van der Waals surface area (Å²) >= 11 is 0. The van der Waals surface area contributed by atoms with Gasteiger partial charge in [-0.25, -0.2) is 19.6 Å². The van der Waals surface area contributed by atoms with Crippen molar-refractivity contribution in [2.24, 2.45) is 7.05 Å². The molecule has 22 heavy (non-hydrogen) atoms. The molecule has 0 spiro atoms. The lowest BCUT2D eigenvalue weighted by atomic mass is 10.1. The van der Waals surface area contributed by atoms with Gasteiger partial charge in [-0.15, -0.1) is 0 Å². The van der Waals surface area contributed by atoms with Crippen LogP contribution in [0, 0.1) is 0 Å². The van der Waals surface area contributed by atoms with Crippen LogP contribution < -0.4 is 11.0 Å². The van der Waals surface area contributed by atoms with E-state index in [0.29, 0.717) is 24.3 Å². The number of fused-ring (bicyclic) bond motifs is 1. The van der Waals surface area contributed by atoms with Crippen LogP contribution in [0.4, 0.5) is 4.79 Å². The van der Waals surface area contributed by atoms with Gasteiger partial charge in [-0.2, -0.15) is 0 Å². The second-order valence-electron chi connectivity index (χ2n) is 5.52. The van der Waals surface area contributed by atoms with E-state index in [2.05, 4.69) is 15.3 Å². The number of rotatable bonds is 2.